The van der Waals surface area contributed by atoms with Gasteiger partial charge in [-0.1, -0.05) is 12.1 Å². The Bertz CT molecular complexity index is 808. The lowest BCUT2D eigenvalue weighted by atomic mass is 10.2. The normalized spacial score (nSPS) is 12.6. The molecule has 6 heteroatoms. The molecule has 0 amide bonds. The first kappa shape index (κ1) is 15.3. The van der Waals surface area contributed by atoms with Crippen LogP contribution in [0.25, 0.3) is 10.9 Å². The van der Waals surface area contributed by atoms with E-state index in [0.29, 0.717) is 12.0 Å². The lowest BCUT2D eigenvalue weighted by Gasteiger charge is -2.14. The molecule has 3 aromatic rings. The second-order valence-electron chi connectivity index (χ2n) is 5.88. The van der Waals surface area contributed by atoms with Crippen LogP contribution < -0.4 is 10.6 Å². The topological polar surface area (TPSA) is 67.7 Å². The van der Waals surface area contributed by atoms with Crippen LogP contribution in [0, 0.1) is 0 Å². The number of aromatic nitrogens is 4. The molecule has 0 bridgehead atoms. The molecule has 6 nitrogen and oxygen atoms in total. The Morgan fingerprint density at radius 2 is 1.87 bits per heavy atom. The summed E-state index contributed by atoms with van der Waals surface area (Å²) in [5, 5.41) is 11.9. The Labute approximate surface area is 136 Å². The number of rotatable bonds is 5. The molecule has 2 aromatic heterocycles. The van der Waals surface area contributed by atoms with Crippen LogP contribution in [0.15, 0.2) is 36.7 Å². The second-order valence-corrected chi connectivity index (χ2v) is 5.88. The first-order valence-electron chi connectivity index (χ1n) is 7.83. The minimum atomic E-state index is 0.0772. The van der Waals surface area contributed by atoms with Crippen molar-refractivity contribution >= 4 is 22.7 Å². The van der Waals surface area contributed by atoms with E-state index in [1.54, 1.807) is 0 Å². The maximum absolute atomic E-state index is 4.60. The van der Waals surface area contributed by atoms with Gasteiger partial charge in [-0.15, -0.1) is 0 Å². The van der Waals surface area contributed by atoms with E-state index < -0.39 is 0 Å². The molecule has 0 saturated heterocycles. The van der Waals surface area contributed by atoms with Gasteiger partial charge in [0.25, 0.3) is 0 Å². The predicted molar refractivity (Wildman–Crippen MR) is 93.7 cm³/mol. The van der Waals surface area contributed by atoms with Crippen molar-refractivity contribution in [1.82, 2.24) is 19.7 Å². The van der Waals surface area contributed by atoms with E-state index in [1.807, 2.05) is 42.2 Å². The van der Waals surface area contributed by atoms with Crippen molar-refractivity contribution in [3.05, 3.63) is 42.2 Å². The minimum Gasteiger partial charge on any atom is -0.372 e. The molecular formula is C17H22N6. The highest BCUT2D eigenvalue weighted by atomic mass is 15.3. The van der Waals surface area contributed by atoms with E-state index in [4.69, 9.17) is 0 Å². The van der Waals surface area contributed by atoms with Crippen LogP contribution in [0.4, 0.5) is 11.8 Å². The van der Waals surface area contributed by atoms with Gasteiger partial charge in [-0.05, 0) is 32.9 Å². The minimum absolute atomic E-state index is 0.0772. The quantitative estimate of drug-likeness (QED) is 0.753. The maximum Gasteiger partial charge on any atom is 0.225 e. The van der Waals surface area contributed by atoms with Crippen molar-refractivity contribution in [3.8, 4) is 0 Å². The van der Waals surface area contributed by atoms with Gasteiger partial charge in [-0.2, -0.15) is 10.1 Å². The van der Waals surface area contributed by atoms with Gasteiger partial charge in [-0.25, -0.2) is 4.98 Å². The molecule has 0 saturated carbocycles. The zero-order valence-electron chi connectivity index (χ0n) is 13.9. The summed E-state index contributed by atoms with van der Waals surface area (Å²) < 4.78 is 1.95. The number of nitrogens with zero attached hydrogens (tertiary/aromatic N) is 4. The van der Waals surface area contributed by atoms with Crippen LogP contribution in [0.3, 0.4) is 0 Å². The van der Waals surface area contributed by atoms with Gasteiger partial charge in [0.1, 0.15) is 5.82 Å². The summed E-state index contributed by atoms with van der Waals surface area (Å²) in [6.45, 7) is 6.31. The fourth-order valence-electron chi connectivity index (χ4n) is 2.47. The number of nitrogens with one attached hydrogen (secondary N) is 2. The predicted octanol–water partition coefficient (Wildman–Crippen LogP) is 3.62. The lowest BCUT2D eigenvalue weighted by Crippen LogP contribution is -2.10. The number of hydrogen-bond donors (Lipinski definition) is 2. The molecule has 120 valence electrons. The third-order valence-electron chi connectivity index (χ3n) is 3.84. The Morgan fingerprint density at radius 3 is 2.57 bits per heavy atom. The SMILES string of the molecule is CNc1nc(NC(C)c2cnn(C(C)C)c2)nc2ccccc12. The van der Waals surface area contributed by atoms with Crippen molar-refractivity contribution in [2.45, 2.75) is 32.9 Å². The lowest BCUT2D eigenvalue weighted by molar-refractivity contribution is 0.532. The number of para-hydroxylation sites is 1. The van der Waals surface area contributed by atoms with Gasteiger partial charge in [0.2, 0.25) is 5.95 Å². The molecule has 3 rings (SSSR count). The molecule has 0 radical (unpaired) electrons. The van der Waals surface area contributed by atoms with E-state index in [-0.39, 0.29) is 6.04 Å². The first-order chi connectivity index (χ1) is 11.1. The van der Waals surface area contributed by atoms with E-state index in [9.17, 15) is 0 Å². The summed E-state index contributed by atoms with van der Waals surface area (Å²) in [6.07, 6.45) is 3.94. The molecule has 0 aliphatic heterocycles. The standard InChI is InChI=1S/C17H22N6/c1-11(2)23-10-13(9-19-23)12(3)20-17-21-15-8-6-5-7-14(15)16(18-4)22-17/h5-12H,1-4H3,(H2,18,20,21,22). The largest absolute Gasteiger partial charge is 0.372 e. The number of fused-ring (bicyclic) bond motifs is 1. The maximum atomic E-state index is 4.60. The van der Waals surface area contributed by atoms with E-state index in [0.717, 1.165) is 22.3 Å². The molecule has 1 atom stereocenters. The Hall–Kier alpha value is -2.63. The molecule has 0 aliphatic carbocycles. The summed E-state index contributed by atoms with van der Waals surface area (Å²) in [6, 6.07) is 8.40. The van der Waals surface area contributed by atoms with Gasteiger partial charge in [0.15, 0.2) is 0 Å². The van der Waals surface area contributed by atoms with Gasteiger partial charge in [-0.3, -0.25) is 4.68 Å². The van der Waals surface area contributed by atoms with E-state index in [2.05, 4.69) is 52.7 Å². The van der Waals surface area contributed by atoms with E-state index in [1.165, 1.54) is 0 Å². The summed E-state index contributed by atoms with van der Waals surface area (Å²) in [5.74, 6) is 1.43. The highest BCUT2D eigenvalue weighted by molar-refractivity contribution is 5.89. The van der Waals surface area contributed by atoms with Crippen LogP contribution in [-0.4, -0.2) is 26.8 Å². The van der Waals surface area contributed by atoms with Crippen LogP contribution in [0.2, 0.25) is 0 Å². The van der Waals surface area contributed by atoms with Gasteiger partial charge in [0.05, 0.1) is 17.8 Å². The van der Waals surface area contributed by atoms with Gasteiger partial charge < -0.3 is 10.6 Å². The Kier molecular flexibility index (Phi) is 4.14. The fourth-order valence-corrected chi connectivity index (χ4v) is 2.47. The molecule has 0 spiro atoms. The molecular weight excluding hydrogens is 288 g/mol. The summed E-state index contributed by atoms with van der Waals surface area (Å²) in [4.78, 5) is 9.17. The van der Waals surface area contributed by atoms with Crippen molar-refractivity contribution in [2.24, 2.45) is 0 Å². The van der Waals surface area contributed by atoms with Crippen LogP contribution in [0.5, 0.6) is 0 Å². The zero-order valence-corrected chi connectivity index (χ0v) is 13.9. The van der Waals surface area contributed by atoms with Crippen LogP contribution >= 0.6 is 0 Å². The van der Waals surface area contributed by atoms with Gasteiger partial charge >= 0.3 is 0 Å². The first-order valence-corrected chi connectivity index (χ1v) is 7.83. The van der Waals surface area contributed by atoms with Crippen molar-refractivity contribution < 1.29 is 0 Å². The Morgan fingerprint density at radius 1 is 1.09 bits per heavy atom. The number of hydrogen-bond acceptors (Lipinski definition) is 5. The number of benzene rings is 1. The molecule has 1 unspecified atom stereocenters. The van der Waals surface area contributed by atoms with Crippen molar-refractivity contribution in [1.29, 1.82) is 0 Å². The molecule has 23 heavy (non-hydrogen) atoms. The highest BCUT2D eigenvalue weighted by Gasteiger charge is 2.12. The van der Waals surface area contributed by atoms with Crippen LogP contribution in [0.1, 0.15) is 38.4 Å². The second kappa shape index (κ2) is 6.24. The van der Waals surface area contributed by atoms with Crippen molar-refractivity contribution in [3.63, 3.8) is 0 Å². The zero-order chi connectivity index (χ0) is 16.4. The average Bonchev–Trinajstić information content (AvgIpc) is 3.04. The van der Waals surface area contributed by atoms with Crippen LogP contribution in [-0.2, 0) is 0 Å². The number of anilines is 2. The molecule has 2 heterocycles. The summed E-state index contributed by atoms with van der Waals surface area (Å²) >= 11 is 0. The molecule has 0 fully saturated rings. The monoisotopic (exact) mass is 310 g/mol. The molecule has 2 N–H and O–H groups in total. The molecule has 0 aliphatic rings. The smallest absolute Gasteiger partial charge is 0.225 e. The third kappa shape index (κ3) is 3.11. The summed E-state index contributed by atoms with van der Waals surface area (Å²) in [5.41, 5.74) is 2.03. The fraction of sp³-hybridized carbons (Fsp3) is 0.353. The average molecular weight is 310 g/mol. The van der Waals surface area contributed by atoms with Crippen molar-refractivity contribution in [2.75, 3.05) is 17.7 Å². The van der Waals surface area contributed by atoms with Gasteiger partial charge in [0, 0.05) is 30.2 Å². The third-order valence-corrected chi connectivity index (χ3v) is 3.84. The molecule has 1 aromatic carbocycles. The van der Waals surface area contributed by atoms with E-state index >= 15 is 0 Å². The highest BCUT2D eigenvalue weighted by Crippen LogP contribution is 2.24. The summed E-state index contributed by atoms with van der Waals surface area (Å²) in [7, 11) is 1.87. The Balaban J connectivity index is 1.88.